The summed E-state index contributed by atoms with van der Waals surface area (Å²) in [6.45, 7) is 0. The molecule has 2 aromatic rings. The van der Waals surface area contributed by atoms with Crippen LogP contribution in [0.15, 0.2) is 58.3 Å². The van der Waals surface area contributed by atoms with Gasteiger partial charge in [0.1, 0.15) is 5.82 Å². The van der Waals surface area contributed by atoms with Gasteiger partial charge in [-0.1, -0.05) is 24.3 Å². The molecule has 1 heterocycles. The topological polar surface area (TPSA) is 87.3 Å². The summed E-state index contributed by atoms with van der Waals surface area (Å²) < 4.78 is 13.5. The van der Waals surface area contributed by atoms with Gasteiger partial charge in [-0.3, -0.25) is 25.2 Å². The summed E-state index contributed by atoms with van der Waals surface area (Å²) in [7, 11) is 0. The van der Waals surface area contributed by atoms with Crippen molar-refractivity contribution in [2.75, 3.05) is 11.1 Å². The second-order valence-electron chi connectivity index (χ2n) is 5.61. The second-order valence-corrected chi connectivity index (χ2v) is 7.87. The molecule has 3 N–H and O–H groups in total. The molecule has 0 fully saturated rings. The molecule has 1 atom stereocenters. The van der Waals surface area contributed by atoms with Crippen LogP contribution < -0.4 is 16.2 Å². The SMILES string of the molecule is O=C(CSc1ccccc1F)NNC(=O)C[C@H]1Sc2ccccc2NC1=O. The highest BCUT2D eigenvalue weighted by molar-refractivity contribution is 8.01. The third-order valence-corrected chi connectivity index (χ3v) is 5.94. The van der Waals surface area contributed by atoms with Crippen LogP contribution in [0.25, 0.3) is 0 Å². The van der Waals surface area contributed by atoms with E-state index in [-0.39, 0.29) is 18.1 Å². The minimum Gasteiger partial charge on any atom is -0.324 e. The number of halogens is 1. The van der Waals surface area contributed by atoms with Gasteiger partial charge in [0, 0.05) is 16.2 Å². The summed E-state index contributed by atoms with van der Waals surface area (Å²) >= 11 is 2.33. The first-order valence-electron chi connectivity index (χ1n) is 8.04. The van der Waals surface area contributed by atoms with E-state index in [0.29, 0.717) is 4.90 Å². The molecule has 2 aromatic carbocycles. The van der Waals surface area contributed by atoms with Crippen LogP contribution in [0, 0.1) is 5.82 Å². The molecule has 0 aromatic heterocycles. The van der Waals surface area contributed by atoms with Crippen molar-refractivity contribution in [2.24, 2.45) is 0 Å². The molecule has 1 aliphatic heterocycles. The zero-order valence-electron chi connectivity index (χ0n) is 14.0. The third-order valence-electron chi connectivity index (χ3n) is 3.61. The number of fused-ring (bicyclic) bond motifs is 1. The zero-order chi connectivity index (χ0) is 19.2. The lowest BCUT2D eigenvalue weighted by molar-refractivity contribution is -0.128. The van der Waals surface area contributed by atoms with Crippen molar-refractivity contribution in [3.8, 4) is 0 Å². The number of hydrogen-bond acceptors (Lipinski definition) is 5. The van der Waals surface area contributed by atoms with Crippen LogP contribution in [-0.2, 0) is 14.4 Å². The maximum Gasteiger partial charge on any atom is 0.248 e. The Morgan fingerprint density at radius 2 is 1.78 bits per heavy atom. The van der Waals surface area contributed by atoms with Gasteiger partial charge >= 0.3 is 0 Å². The van der Waals surface area contributed by atoms with Gasteiger partial charge in [0.05, 0.1) is 16.7 Å². The highest BCUT2D eigenvalue weighted by Crippen LogP contribution is 2.36. The van der Waals surface area contributed by atoms with Gasteiger partial charge in [0.25, 0.3) is 0 Å². The maximum atomic E-state index is 13.5. The first-order chi connectivity index (χ1) is 13.0. The number of para-hydroxylation sites is 1. The maximum absolute atomic E-state index is 13.5. The van der Waals surface area contributed by atoms with Gasteiger partial charge in [0.2, 0.25) is 17.7 Å². The number of thioether (sulfide) groups is 2. The van der Waals surface area contributed by atoms with Gasteiger partial charge in [-0.15, -0.1) is 23.5 Å². The van der Waals surface area contributed by atoms with Gasteiger partial charge in [-0.25, -0.2) is 4.39 Å². The van der Waals surface area contributed by atoms with E-state index in [9.17, 15) is 18.8 Å². The molecule has 0 saturated heterocycles. The van der Waals surface area contributed by atoms with Crippen molar-refractivity contribution in [3.63, 3.8) is 0 Å². The van der Waals surface area contributed by atoms with Gasteiger partial charge < -0.3 is 5.32 Å². The molecule has 0 radical (unpaired) electrons. The van der Waals surface area contributed by atoms with E-state index in [2.05, 4.69) is 16.2 Å². The van der Waals surface area contributed by atoms with E-state index >= 15 is 0 Å². The van der Waals surface area contributed by atoms with Crippen LogP contribution in [0.3, 0.4) is 0 Å². The molecule has 3 rings (SSSR count). The molecule has 0 spiro atoms. The second kappa shape index (κ2) is 8.92. The lowest BCUT2D eigenvalue weighted by Gasteiger charge is -2.23. The van der Waals surface area contributed by atoms with E-state index in [4.69, 9.17) is 0 Å². The minimum absolute atomic E-state index is 0.0484. The average Bonchev–Trinajstić information content (AvgIpc) is 2.66. The molecule has 0 bridgehead atoms. The zero-order valence-corrected chi connectivity index (χ0v) is 15.7. The van der Waals surface area contributed by atoms with Crippen molar-refractivity contribution in [1.29, 1.82) is 0 Å². The molecular weight excluding hydrogens is 389 g/mol. The van der Waals surface area contributed by atoms with Crippen molar-refractivity contribution >= 4 is 46.9 Å². The third kappa shape index (κ3) is 5.24. The number of amides is 3. The average molecular weight is 405 g/mol. The summed E-state index contributed by atoms with van der Waals surface area (Å²) in [5.74, 6) is -1.66. The number of carbonyl (C=O) groups is 3. The predicted octanol–water partition coefficient (Wildman–Crippen LogP) is 2.57. The van der Waals surface area contributed by atoms with E-state index in [1.165, 1.54) is 17.8 Å². The highest BCUT2D eigenvalue weighted by Gasteiger charge is 2.28. The monoisotopic (exact) mass is 405 g/mol. The quantitative estimate of drug-likeness (QED) is 0.526. The largest absolute Gasteiger partial charge is 0.324 e. The van der Waals surface area contributed by atoms with Gasteiger partial charge in [-0.05, 0) is 24.3 Å². The predicted molar refractivity (Wildman–Crippen MR) is 103 cm³/mol. The Morgan fingerprint density at radius 1 is 1.07 bits per heavy atom. The Kier molecular flexibility index (Phi) is 6.36. The summed E-state index contributed by atoms with van der Waals surface area (Å²) in [5, 5.41) is 2.18. The van der Waals surface area contributed by atoms with Crippen LogP contribution >= 0.6 is 23.5 Å². The molecule has 1 aliphatic rings. The van der Waals surface area contributed by atoms with E-state index in [0.717, 1.165) is 22.3 Å². The number of hydrazine groups is 1. The fourth-order valence-corrected chi connectivity index (χ4v) is 4.18. The minimum atomic E-state index is -0.579. The van der Waals surface area contributed by atoms with Crippen LogP contribution in [0.4, 0.5) is 10.1 Å². The van der Waals surface area contributed by atoms with Gasteiger partial charge in [0.15, 0.2) is 0 Å². The smallest absolute Gasteiger partial charge is 0.248 e. The van der Waals surface area contributed by atoms with Crippen LogP contribution in [0.2, 0.25) is 0 Å². The first-order valence-corrected chi connectivity index (χ1v) is 9.91. The summed E-state index contributed by atoms with van der Waals surface area (Å²) in [5.41, 5.74) is 5.28. The number of benzene rings is 2. The van der Waals surface area contributed by atoms with Gasteiger partial charge in [-0.2, -0.15) is 0 Å². The molecule has 9 heteroatoms. The van der Waals surface area contributed by atoms with Crippen molar-refractivity contribution < 1.29 is 18.8 Å². The molecule has 0 saturated carbocycles. The van der Waals surface area contributed by atoms with Crippen LogP contribution in [0.5, 0.6) is 0 Å². The van der Waals surface area contributed by atoms with Crippen LogP contribution in [-0.4, -0.2) is 28.7 Å². The molecule has 0 unspecified atom stereocenters. The number of hydrogen-bond donors (Lipinski definition) is 3. The number of nitrogens with one attached hydrogen (secondary N) is 3. The Labute approximate surface area is 163 Å². The number of rotatable bonds is 5. The van der Waals surface area contributed by atoms with E-state index < -0.39 is 22.9 Å². The fraction of sp³-hybridized carbons (Fsp3) is 0.167. The molecule has 27 heavy (non-hydrogen) atoms. The molecule has 140 valence electrons. The molecule has 0 aliphatic carbocycles. The summed E-state index contributed by atoms with van der Waals surface area (Å²) in [4.78, 5) is 37.1. The lowest BCUT2D eigenvalue weighted by atomic mass is 10.2. The summed E-state index contributed by atoms with van der Waals surface area (Å²) in [6.07, 6.45) is -0.0778. The molecule has 3 amide bonds. The Morgan fingerprint density at radius 3 is 2.59 bits per heavy atom. The summed E-state index contributed by atoms with van der Waals surface area (Å²) in [6, 6.07) is 13.5. The first kappa shape index (κ1) is 19.2. The Balaban J connectivity index is 1.44. The lowest BCUT2D eigenvalue weighted by Crippen LogP contribution is -2.44. The van der Waals surface area contributed by atoms with E-state index in [1.54, 1.807) is 24.3 Å². The Bertz CT molecular complexity index is 878. The van der Waals surface area contributed by atoms with Crippen molar-refractivity contribution in [2.45, 2.75) is 21.5 Å². The van der Waals surface area contributed by atoms with E-state index in [1.807, 2.05) is 18.2 Å². The fourth-order valence-electron chi connectivity index (χ4n) is 2.33. The normalized spacial score (nSPS) is 15.4. The molecule has 6 nitrogen and oxygen atoms in total. The number of carbonyl (C=O) groups excluding carboxylic acids is 3. The van der Waals surface area contributed by atoms with Crippen molar-refractivity contribution in [1.82, 2.24) is 10.9 Å². The molecular formula is C18H16FN3O3S2. The number of anilines is 1. The van der Waals surface area contributed by atoms with Crippen LogP contribution in [0.1, 0.15) is 6.42 Å². The highest BCUT2D eigenvalue weighted by atomic mass is 32.2. The van der Waals surface area contributed by atoms with Crippen molar-refractivity contribution in [3.05, 3.63) is 54.3 Å². The standard InChI is InChI=1S/C18H16FN3O3S2/c19-11-5-1-3-7-13(11)26-10-17(24)22-21-16(23)9-15-18(25)20-12-6-2-4-8-14(12)27-15/h1-8,15H,9-10H2,(H,20,25)(H,21,23)(H,22,24)/t15-/m1/s1. The Hall–Kier alpha value is -2.52.